The summed E-state index contributed by atoms with van der Waals surface area (Å²) in [5, 5.41) is 23.7. The van der Waals surface area contributed by atoms with Crippen LogP contribution in [-0.2, 0) is 9.59 Å². The SMILES string of the molecule is CCCCN1C(=O)[C@@H]([C@H](O)C2CCCCC2)NC(=O)C12CCN(C(c1ccc(C(=O)O)cc1)c1cc(C)[nH]c1C)CC2. The molecule has 4 N–H and O–H groups in total. The maximum Gasteiger partial charge on any atom is 0.335 e. The third-order valence-corrected chi connectivity index (χ3v) is 9.92. The molecule has 9 nitrogen and oxygen atoms in total. The predicted octanol–water partition coefficient (Wildman–Crippen LogP) is 4.32. The number of aliphatic hydroxyl groups is 1. The first kappa shape index (κ1) is 30.3. The number of hydrogen-bond acceptors (Lipinski definition) is 5. The van der Waals surface area contributed by atoms with Crippen LogP contribution in [0.3, 0.4) is 0 Å². The van der Waals surface area contributed by atoms with Crippen molar-refractivity contribution in [3.8, 4) is 0 Å². The molecule has 1 aliphatic carbocycles. The van der Waals surface area contributed by atoms with Gasteiger partial charge in [0.2, 0.25) is 11.8 Å². The summed E-state index contributed by atoms with van der Waals surface area (Å²) in [5.41, 5.74) is 3.51. The van der Waals surface area contributed by atoms with E-state index >= 15 is 0 Å². The molecule has 0 radical (unpaired) electrons. The fourth-order valence-electron chi connectivity index (χ4n) is 7.53. The lowest BCUT2D eigenvalue weighted by Crippen LogP contribution is -2.75. The number of aliphatic hydroxyl groups excluding tert-OH is 1. The van der Waals surface area contributed by atoms with Gasteiger partial charge in [-0.25, -0.2) is 4.79 Å². The molecule has 3 atom stereocenters. The molecule has 42 heavy (non-hydrogen) atoms. The summed E-state index contributed by atoms with van der Waals surface area (Å²) < 4.78 is 0. The number of likely N-dealkylation sites (tertiary alicyclic amines) is 1. The summed E-state index contributed by atoms with van der Waals surface area (Å²) in [4.78, 5) is 47.0. The molecule has 2 amide bonds. The molecule has 3 aliphatic rings. The second-order valence-corrected chi connectivity index (χ2v) is 12.6. The van der Waals surface area contributed by atoms with Gasteiger partial charge in [-0.1, -0.05) is 44.7 Å². The van der Waals surface area contributed by atoms with Crippen molar-refractivity contribution in [1.82, 2.24) is 20.1 Å². The second-order valence-electron chi connectivity index (χ2n) is 12.6. The van der Waals surface area contributed by atoms with Crippen LogP contribution in [0.5, 0.6) is 0 Å². The molecule has 0 bridgehead atoms. The van der Waals surface area contributed by atoms with Crippen molar-refractivity contribution in [2.75, 3.05) is 19.6 Å². The Morgan fingerprint density at radius 2 is 1.74 bits per heavy atom. The maximum atomic E-state index is 14.0. The highest BCUT2D eigenvalue weighted by Gasteiger charge is 2.55. The summed E-state index contributed by atoms with van der Waals surface area (Å²) in [6, 6.07) is 8.17. The number of benzene rings is 1. The minimum Gasteiger partial charge on any atom is -0.478 e. The number of carbonyl (C=O) groups excluding carboxylic acids is 2. The van der Waals surface area contributed by atoms with Crippen molar-refractivity contribution in [3.63, 3.8) is 0 Å². The number of amides is 2. The van der Waals surface area contributed by atoms with E-state index in [9.17, 15) is 24.6 Å². The van der Waals surface area contributed by atoms with Crippen LogP contribution in [0, 0.1) is 19.8 Å². The number of aromatic nitrogens is 1. The minimum absolute atomic E-state index is 0.0400. The number of aryl methyl sites for hydroxylation is 2. The van der Waals surface area contributed by atoms with E-state index in [1.165, 1.54) is 0 Å². The van der Waals surface area contributed by atoms with Gasteiger partial charge in [-0.2, -0.15) is 0 Å². The number of aromatic carboxylic acids is 1. The van der Waals surface area contributed by atoms with Crippen molar-refractivity contribution in [1.29, 1.82) is 0 Å². The number of rotatable bonds is 9. The average molecular weight is 579 g/mol. The zero-order valence-electron chi connectivity index (χ0n) is 25.2. The van der Waals surface area contributed by atoms with Crippen molar-refractivity contribution < 1.29 is 24.6 Å². The van der Waals surface area contributed by atoms with Crippen LogP contribution in [0.15, 0.2) is 30.3 Å². The lowest BCUT2D eigenvalue weighted by atomic mass is 9.77. The van der Waals surface area contributed by atoms with Gasteiger partial charge < -0.3 is 25.4 Å². The Morgan fingerprint density at radius 1 is 1.07 bits per heavy atom. The van der Waals surface area contributed by atoms with E-state index < -0.39 is 23.7 Å². The third-order valence-electron chi connectivity index (χ3n) is 9.92. The molecule has 1 aromatic carbocycles. The van der Waals surface area contributed by atoms with E-state index in [4.69, 9.17) is 0 Å². The summed E-state index contributed by atoms with van der Waals surface area (Å²) >= 11 is 0. The van der Waals surface area contributed by atoms with Crippen molar-refractivity contribution in [2.24, 2.45) is 5.92 Å². The van der Waals surface area contributed by atoms with Gasteiger partial charge in [-0.3, -0.25) is 14.5 Å². The smallest absolute Gasteiger partial charge is 0.335 e. The molecule has 2 aliphatic heterocycles. The Morgan fingerprint density at radius 3 is 2.31 bits per heavy atom. The first-order chi connectivity index (χ1) is 20.2. The summed E-state index contributed by atoms with van der Waals surface area (Å²) in [6.07, 6.45) is 6.88. The average Bonchev–Trinajstić information content (AvgIpc) is 3.33. The minimum atomic E-state index is -0.959. The van der Waals surface area contributed by atoms with Gasteiger partial charge in [-0.05, 0) is 81.2 Å². The molecule has 1 aromatic heterocycles. The van der Waals surface area contributed by atoms with Gasteiger partial charge in [0.25, 0.3) is 0 Å². The number of piperidine rings is 1. The van der Waals surface area contributed by atoms with Crippen LogP contribution < -0.4 is 5.32 Å². The molecule has 5 rings (SSSR count). The lowest BCUT2D eigenvalue weighted by Gasteiger charge is -2.53. The van der Waals surface area contributed by atoms with E-state index in [-0.39, 0.29) is 29.3 Å². The largest absolute Gasteiger partial charge is 0.478 e. The molecule has 1 spiro atoms. The molecule has 2 aromatic rings. The first-order valence-electron chi connectivity index (χ1n) is 15.7. The van der Waals surface area contributed by atoms with E-state index in [0.29, 0.717) is 32.5 Å². The number of carbonyl (C=O) groups is 3. The van der Waals surface area contributed by atoms with Crippen LogP contribution in [-0.4, -0.2) is 80.1 Å². The van der Waals surface area contributed by atoms with Gasteiger partial charge in [0.15, 0.2) is 0 Å². The zero-order chi connectivity index (χ0) is 30.0. The topological polar surface area (TPSA) is 126 Å². The van der Waals surface area contributed by atoms with Gasteiger partial charge >= 0.3 is 5.97 Å². The molecular weight excluding hydrogens is 532 g/mol. The van der Waals surface area contributed by atoms with Gasteiger partial charge in [0, 0.05) is 31.0 Å². The van der Waals surface area contributed by atoms with Crippen molar-refractivity contribution in [3.05, 3.63) is 58.4 Å². The molecule has 9 heteroatoms. The highest BCUT2D eigenvalue weighted by Crippen LogP contribution is 2.40. The third kappa shape index (κ3) is 5.73. The monoisotopic (exact) mass is 578 g/mol. The quantitative estimate of drug-likeness (QED) is 0.351. The standard InChI is InChI=1S/C33H46N4O5/c1-4-5-17-37-30(39)27(29(38)24-9-7-6-8-10-24)35-32(42)33(37)15-18-36(19-16-33)28(26-20-21(2)34-22(26)3)23-11-13-25(14-12-23)31(40)41/h11-14,20,24,27-29,34,38H,4-10,15-19H2,1-3H3,(H,35,42)(H,40,41)/t27-,28?,29-/m1/s1. The highest BCUT2D eigenvalue weighted by atomic mass is 16.4. The lowest BCUT2D eigenvalue weighted by molar-refractivity contribution is -0.166. The molecule has 1 saturated carbocycles. The number of unbranched alkanes of at least 4 members (excludes halogenated alkanes) is 1. The number of carboxylic acids is 1. The Labute approximate surface area is 248 Å². The highest BCUT2D eigenvalue weighted by molar-refractivity contribution is 6.00. The Balaban J connectivity index is 1.41. The van der Waals surface area contributed by atoms with E-state index in [2.05, 4.69) is 28.2 Å². The number of H-pyrrole nitrogens is 1. The number of nitrogens with zero attached hydrogens (tertiary/aromatic N) is 2. The predicted molar refractivity (Wildman–Crippen MR) is 160 cm³/mol. The van der Waals surface area contributed by atoms with E-state index in [1.807, 2.05) is 30.9 Å². The summed E-state index contributed by atoms with van der Waals surface area (Å²) in [7, 11) is 0. The van der Waals surface area contributed by atoms with E-state index in [0.717, 1.165) is 67.5 Å². The number of carboxylic acid groups (broad SMARTS) is 1. The number of hydrogen-bond donors (Lipinski definition) is 4. The van der Waals surface area contributed by atoms with Crippen molar-refractivity contribution in [2.45, 2.75) is 102 Å². The van der Waals surface area contributed by atoms with E-state index in [1.54, 1.807) is 12.1 Å². The fraction of sp³-hybridized carbons (Fsp3) is 0.606. The molecule has 1 unspecified atom stereocenters. The zero-order valence-corrected chi connectivity index (χ0v) is 25.2. The molecule has 228 valence electrons. The maximum absolute atomic E-state index is 14.0. The first-order valence-corrected chi connectivity index (χ1v) is 15.7. The number of aromatic amines is 1. The van der Waals surface area contributed by atoms with Gasteiger partial charge in [0.05, 0.1) is 17.7 Å². The Bertz CT molecular complexity index is 1270. The van der Waals surface area contributed by atoms with Crippen LogP contribution >= 0.6 is 0 Å². The van der Waals surface area contributed by atoms with Crippen LogP contribution in [0.4, 0.5) is 0 Å². The molecular formula is C33H46N4O5. The van der Waals surface area contributed by atoms with Crippen molar-refractivity contribution >= 4 is 17.8 Å². The van der Waals surface area contributed by atoms with Gasteiger partial charge in [0.1, 0.15) is 11.6 Å². The Kier molecular flexibility index (Phi) is 9.08. The van der Waals surface area contributed by atoms with Gasteiger partial charge in [-0.15, -0.1) is 0 Å². The Hall–Kier alpha value is -3.17. The molecule has 2 saturated heterocycles. The van der Waals surface area contributed by atoms with Crippen LogP contribution in [0.1, 0.15) is 104 Å². The number of nitrogens with one attached hydrogen (secondary N) is 2. The molecule has 3 fully saturated rings. The van der Waals surface area contributed by atoms with Crippen LogP contribution in [0.25, 0.3) is 0 Å². The van der Waals surface area contributed by atoms with Crippen LogP contribution in [0.2, 0.25) is 0 Å². The fourth-order valence-corrected chi connectivity index (χ4v) is 7.53. The second kappa shape index (κ2) is 12.6. The number of piperazine rings is 1. The normalized spacial score (nSPS) is 23.1. The summed E-state index contributed by atoms with van der Waals surface area (Å²) in [5.74, 6) is -1.21. The molecule has 3 heterocycles. The summed E-state index contributed by atoms with van der Waals surface area (Å²) in [6.45, 7) is 7.84.